The predicted molar refractivity (Wildman–Crippen MR) is 179 cm³/mol. The van der Waals surface area contributed by atoms with Crippen molar-refractivity contribution in [2.45, 2.75) is 31.7 Å². The van der Waals surface area contributed by atoms with Gasteiger partial charge in [0.1, 0.15) is 17.5 Å². The van der Waals surface area contributed by atoms with Gasteiger partial charge in [0.25, 0.3) is 16.0 Å². The molecule has 0 aliphatic rings. The molecule has 0 atom stereocenters. The molecule has 0 aliphatic carbocycles. The van der Waals surface area contributed by atoms with Gasteiger partial charge in [-0.1, -0.05) is 23.8 Å². The van der Waals surface area contributed by atoms with E-state index in [1.807, 2.05) is 19.1 Å². The second kappa shape index (κ2) is 15.6. The Morgan fingerprint density at radius 3 is 2.34 bits per heavy atom. The van der Waals surface area contributed by atoms with E-state index in [-0.39, 0.29) is 42.2 Å². The Kier molecular flexibility index (Phi) is 11.4. The summed E-state index contributed by atoms with van der Waals surface area (Å²) < 4.78 is 34.6. The molecule has 0 bridgehead atoms. The van der Waals surface area contributed by atoms with Gasteiger partial charge in [-0.2, -0.15) is 8.42 Å². The predicted octanol–water partition coefficient (Wildman–Crippen LogP) is 4.70. The van der Waals surface area contributed by atoms with Crippen molar-refractivity contribution in [1.82, 2.24) is 15.0 Å². The molecule has 5 aromatic rings. The van der Waals surface area contributed by atoms with Crippen LogP contribution in [0.4, 0.5) is 11.5 Å². The smallest absolute Gasteiger partial charge is 0.307 e. The highest BCUT2D eigenvalue weighted by atomic mass is 32.2. The zero-order valence-corrected chi connectivity index (χ0v) is 26.6. The van der Waals surface area contributed by atoms with Gasteiger partial charge in [-0.25, -0.2) is 9.97 Å². The highest BCUT2D eigenvalue weighted by Gasteiger charge is 2.21. The lowest BCUT2D eigenvalue weighted by Crippen LogP contribution is -2.34. The number of aromatic amines is 1. The van der Waals surface area contributed by atoms with Crippen LogP contribution >= 0.6 is 0 Å². The van der Waals surface area contributed by atoms with Crippen molar-refractivity contribution in [2.24, 2.45) is 5.73 Å². The molecule has 3 aromatic carbocycles. The minimum absolute atomic E-state index is 0.0201. The van der Waals surface area contributed by atoms with Crippen molar-refractivity contribution in [1.29, 1.82) is 5.41 Å². The van der Waals surface area contributed by atoms with E-state index >= 15 is 0 Å². The van der Waals surface area contributed by atoms with Crippen LogP contribution in [0.25, 0.3) is 11.0 Å². The lowest BCUT2D eigenvalue weighted by molar-refractivity contribution is -0.142. The average Bonchev–Trinajstić information content (AvgIpc) is 3.47. The maximum absolute atomic E-state index is 13.4. The molecule has 6 N–H and O–H groups in total. The third-order valence-electron chi connectivity index (χ3n) is 6.77. The number of hydrogen-bond acceptors (Lipinski definition) is 9. The largest absolute Gasteiger partial charge is 0.466 e. The average molecular weight is 658 g/mol. The summed E-state index contributed by atoms with van der Waals surface area (Å²) in [6.45, 7) is 4.46. The lowest BCUT2D eigenvalue weighted by Gasteiger charge is -2.21. The first-order chi connectivity index (χ1) is 22.4. The molecule has 0 radical (unpaired) electrons. The molecule has 0 saturated heterocycles. The molecular formula is C33H35N7O6S. The van der Waals surface area contributed by atoms with Gasteiger partial charge in [0.2, 0.25) is 0 Å². The van der Waals surface area contributed by atoms with Crippen LogP contribution in [0.5, 0.6) is 0 Å². The summed E-state index contributed by atoms with van der Waals surface area (Å²) in [6, 6.07) is 23.8. The maximum atomic E-state index is 13.4. The molecule has 0 saturated carbocycles. The van der Waals surface area contributed by atoms with Crippen LogP contribution in [0.3, 0.4) is 0 Å². The van der Waals surface area contributed by atoms with Crippen LogP contribution in [0, 0.1) is 12.3 Å². The minimum atomic E-state index is -4.02. The van der Waals surface area contributed by atoms with E-state index in [1.165, 1.54) is 17.0 Å². The number of amides is 1. The van der Waals surface area contributed by atoms with Crippen LogP contribution in [0.15, 0.2) is 96.0 Å². The third-order valence-corrected chi connectivity index (χ3v) is 7.64. The molecule has 5 rings (SSSR count). The fraction of sp³-hybridized carbons (Fsp3) is 0.182. The number of rotatable bonds is 11. The number of pyridine rings is 1. The monoisotopic (exact) mass is 657 g/mol. The van der Waals surface area contributed by atoms with E-state index in [2.05, 4.69) is 20.3 Å². The van der Waals surface area contributed by atoms with Gasteiger partial charge < -0.3 is 20.8 Å². The number of aryl methyl sites for hydroxylation is 1. The SMILES string of the molecule is CCOC(=O)CCN(C(=O)c1ccc2nc(CNc3ccc(C(=N)N)cc3)[nH]c2c1)c1ccccn1.Cc1ccc(S(=O)(=O)O)cc1. The second-order valence-corrected chi connectivity index (χ2v) is 11.7. The van der Waals surface area contributed by atoms with E-state index in [0.717, 1.165) is 22.3 Å². The summed E-state index contributed by atoms with van der Waals surface area (Å²) in [6.07, 6.45) is 1.66. The number of esters is 1. The minimum Gasteiger partial charge on any atom is -0.466 e. The number of hydrogen-bond donors (Lipinski definition) is 5. The van der Waals surface area contributed by atoms with Crippen LogP contribution in [0.1, 0.15) is 40.7 Å². The molecule has 1 amide bonds. The number of fused-ring (bicyclic) bond motifs is 1. The number of ether oxygens (including phenoxy) is 1. The van der Waals surface area contributed by atoms with Crippen molar-refractivity contribution in [3.05, 3.63) is 114 Å². The molecule has 13 nitrogen and oxygen atoms in total. The second-order valence-electron chi connectivity index (χ2n) is 10.2. The van der Waals surface area contributed by atoms with Gasteiger partial charge in [0.05, 0.1) is 35.5 Å². The molecule has 2 aromatic heterocycles. The van der Waals surface area contributed by atoms with E-state index in [4.69, 9.17) is 20.4 Å². The van der Waals surface area contributed by atoms with Crippen molar-refractivity contribution >= 4 is 50.4 Å². The summed E-state index contributed by atoms with van der Waals surface area (Å²) in [5.41, 5.74) is 9.86. The van der Waals surface area contributed by atoms with Gasteiger partial charge in [-0.3, -0.25) is 24.5 Å². The first kappa shape index (κ1) is 34.3. The number of nitrogens with one attached hydrogen (secondary N) is 3. The van der Waals surface area contributed by atoms with E-state index < -0.39 is 10.1 Å². The van der Waals surface area contributed by atoms with E-state index in [0.29, 0.717) is 29.3 Å². The van der Waals surface area contributed by atoms with Crippen LogP contribution in [-0.2, 0) is 26.2 Å². The molecule has 0 fully saturated rings. The van der Waals surface area contributed by atoms with Gasteiger partial charge in [-0.05, 0) is 80.6 Å². The van der Waals surface area contributed by atoms with E-state index in [1.54, 1.807) is 73.8 Å². The Bertz CT molecular complexity index is 1950. The number of aromatic nitrogens is 3. The summed E-state index contributed by atoms with van der Waals surface area (Å²) in [5, 5.41) is 10.7. The molecule has 0 aliphatic heterocycles. The Morgan fingerprint density at radius 1 is 1.02 bits per heavy atom. The molecule has 2 heterocycles. The Labute approximate surface area is 272 Å². The number of H-pyrrole nitrogens is 1. The number of nitrogens with zero attached hydrogens (tertiary/aromatic N) is 3. The lowest BCUT2D eigenvalue weighted by atomic mass is 10.1. The zero-order chi connectivity index (χ0) is 34.0. The molecule has 244 valence electrons. The maximum Gasteiger partial charge on any atom is 0.307 e. The number of carbonyl (C=O) groups is 2. The van der Waals surface area contributed by atoms with Gasteiger partial charge in [0, 0.05) is 29.6 Å². The fourth-order valence-corrected chi connectivity index (χ4v) is 4.85. The molecule has 14 heteroatoms. The topological polar surface area (TPSA) is 204 Å². The van der Waals surface area contributed by atoms with E-state index in [9.17, 15) is 18.0 Å². The van der Waals surface area contributed by atoms with Gasteiger partial charge in [0.15, 0.2) is 0 Å². The number of anilines is 2. The number of carbonyl (C=O) groups excluding carboxylic acids is 2. The zero-order valence-electron chi connectivity index (χ0n) is 25.8. The number of nitrogens with two attached hydrogens (primary N) is 1. The highest BCUT2D eigenvalue weighted by molar-refractivity contribution is 7.85. The van der Waals surface area contributed by atoms with Gasteiger partial charge in [-0.15, -0.1) is 0 Å². The molecular weight excluding hydrogens is 622 g/mol. The highest BCUT2D eigenvalue weighted by Crippen LogP contribution is 2.20. The first-order valence-corrected chi connectivity index (χ1v) is 16.0. The summed E-state index contributed by atoms with van der Waals surface area (Å²) in [5.74, 6) is 0.529. The van der Waals surface area contributed by atoms with Crippen molar-refractivity contribution < 1.29 is 27.3 Å². The van der Waals surface area contributed by atoms with Crippen molar-refractivity contribution in [3.63, 3.8) is 0 Å². The molecule has 0 spiro atoms. The van der Waals surface area contributed by atoms with Crippen molar-refractivity contribution in [3.8, 4) is 0 Å². The number of amidine groups is 1. The Morgan fingerprint density at radius 2 is 1.72 bits per heavy atom. The molecule has 0 unspecified atom stereocenters. The number of nitrogen functional groups attached to an aromatic ring is 1. The summed E-state index contributed by atoms with van der Waals surface area (Å²) in [7, 11) is -4.02. The number of imidazole rings is 1. The Balaban J connectivity index is 0.000000385. The quantitative estimate of drug-likeness (QED) is 0.0573. The molecule has 47 heavy (non-hydrogen) atoms. The van der Waals surface area contributed by atoms with Crippen LogP contribution in [0.2, 0.25) is 0 Å². The normalized spacial score (nSPS) is 10.9. The Hall–Kier alpha value is -5.60. The third kappa shape index (κ3) is 9.69. The van der Waals surface area contributed by atoms with Crippen LogP contribution in [-0.4, -0.2) is 58.8 Å². The fourth-order valence-electron chi connectivity index (χ4n) is 4.37. The van der Waals surface area contributed by atoms with Crippen molar-refractivity contribution in [2.75, 3.05) is 23.4 Å². The number of benzene rings is 3. The van der Waals surface area contributed by atoms with Crippen LogP contribution < -0.4 is 16.0 Å². The van der Waals surface area contributed by atoms with Gasteiger partial charge >= 0.3 is 5.97 Å². The first-order valence-electron chi connectivity index (χ1n) is 14.5. The standard InChI is InChI=1S/C26H27N7O3.C7H8O3S/c1-2-36-24(34)12-14-33(23-5-3-4-13-29-23)26(35)18-8-11-20-21(15-18)32-22(31-20)16-30-19-9-6-17(7-10-19)25(27)28;1-6-2-4-7(5-3-6)11(8,9)10/h3-11,13,15,30H,2,12,14,16H2,1H3,(H3,27,28)(H,31,32);2-5H,1H3,(H,8,9,10). The summed E-state index contributed by atoms with van der Waals surface area (Å²) >= 11 is 0. The summed E-state index contributed by atoms with van der Waals surface area (Å²) in [4.78, 5) is 38.9.